The van der Waals surface area contributed by atoms with Crippen LogP contribution in [0.2, 0.25) is 0 Å². The van der Waals surface area contributed by atoms with Crippen molar-refractivity contribution in [3.05, 3.63) is 18.2 Å². The van der Waals surface area contributed by atoms with Gasteiger partial charge < -0.3 is 9.88 Å². The summed E-state index contributed by atoms with van der Waals surface area (Å²) in [6, 6.07) is 0. The van der Waals surface area contributed by atoms with Crippen LogP contribution in [0, 0.1) is 17.8 Å². The van der Waals surface area contributed by atoms with E-state index in [1.165, 1.54) is 12.2 Å². The maximum Gasteiger partial charge on any atom is 0.108 e. The summed E-state index contributed by atoms with van der Waals surface area (Å²) in [7, 11) is 2.07. The quantitative estimate of drug-likeness (QED) is 0.770. The molecular weight excluding hydrogens is 222 g/mol. The van der Waals surface area contributed by atoms with Crippen molar-refractivity contribution in [2.24, 2.45) is 24.8 Å². The molecule has 3 nitrogen and oxygen atoms in total. The highest BCUT2D eigenvalue weighted by Gasteiger charge is 2.14. The molecular formula is C15H29N3. The van der Waals surface area contributed by atoms with E-state index in [2.05, 4.69) is 49.6 Å². The summed E-state index contributed by atoms with van der Waals surface area (Å²) in [5.74, 6) is 3.39. The first-order chi connectivity index (χ1) is 8.50. The van der Waals surface area contributed by atoms with Crippen molar-refractivity contribution in [3.63, 3.8) is 0 Å². The molecule has 1 N–H and O–H groups in total. The molecule has 0 saturated carbocycles. The van der Waals surface area contributed by atoms with Gasteiger partial charge in [-0.3, -0.25) is 0 Å². The fourth-order valence-electron chi connectivity index (χ4n) is 2.18. The first-order valence-corrected chi connectivity index (χ1v) is 7.17. The lowest BCUT2D eigenvalue weighted by Crippen LogP contribution is -2.29. The van der Waals surface area contributed by atoms with Crippen molar-refractivity contribution in [1.29, 1.82) is 0 Å². The molecule has 18 heavy (non-hydrogen) atoms. The van der Waals surface area contributed by atoms with Gasteiger partial charge in [-0.15, -0.1) is 0 Å². The van der Waals surface area contributed by atoms with Gasteiger partial charge in [0.1, 0.15) is 5.82 Å². The summed E-state index contributed by atoms with van der Waals surface area (Å²) < 4.78 is 2.12. The van der Waals surface area contributed by atoms with Crippen molar-refractivity contribution in [2.75, 3.05) is 13.1 Å². The third-order valence-corrected chi connectivity index (χ3v) is 3.56. The number of aryl methyl sites for hydroxylation is 2. The van der Waals surface area contributed by atoms with Crippen LogP contribution in [0.4, 0.5) is 0 Å². The Morgan fingerprint density at radius 3 is 2.44 bits per heavy atom. The SMILES string of the molecule is CC(C)CNCC(CCc1nccn1C)C(C)C. The molecule has 0 saturated heterocycles. The second-order valence-corrected chi connectivity index (χ2v) is 6.05. The van der Waals surface area contributed by atoms with Crippen LogP contribution in [-0.4, -0.2) is 22.6 Å². The van der Waals surface area contributed by atoms with Crippen molar-refractivity contribution < 1.29 is 0 Å². The van der Waals surface area contributed by atoms with Crippen molar-refractivity contribution in [2.45, 2.75) is 40.5 Å². The lowest BCUT2D eigenvalue weighted by atomic mass is 9.91. The second kappa shape index (κ2) is 7.57. The molecule has 3 heteroatoms. The van der Waals surface area contributed by atoms with Gasteiger partial charge in [-0.05, 0) is 37.3 Å². The number of aromatic nitrogens is 2. The van der Waals surface area contributed by atoms with Crippen LogP contribution in [-0.2, 0) is 13.5 Å². The van der Waals surface area contributed by atoms with E-state index in [4.69, 9.17) is 0 Å². The minimum atomic E-state index is 0.727. The third kappa shape index (κ3) is 5.21. The largest absolute Gasteiger partial charge is 0.338 e. The molecule has 0 fully saturated rings. The van der Waals surface area contributed by atoms with Crippen molar-refractivity contribution >= 4 is 0 Å². The van der Waals surface area contributed by atoms with Gasteiger partial charge in [0.2, 0.25) is 0 Å². The maximum absolute atomic E-state index is 4.40. The molecule has 0 aliphatic heterocycles. The summed E-state index contributed by atoms with van der Waals surface area (Å²) >= 11 is 0. The van der Waals surface area contributed by atoms with E-state index >= 15 is 0 Å². The molecule has 0 bridgehead atoms. The Hall–Kier alpha value is -0.830. The van der Waals surface area contributed by atoms with Crippen LogP contribution in [0.15, 0.2) is 12.4 Å². The van der Waals surface area contributed by atoms with Gasteiger partial charge in [0, 0.05) is 25.9 Å². The Kier molecular flexibility index (Phi) is 6.41. The van der Waals surface area contributed by atoms with E-state index in [1.54, 1.807) is 0 Å². The average Bonchev–Trinajstić information content (AvgIpc) is 2.68. The summed E-state index contributed by atoms with van der Waals surface area (Å²) in [6.07, 6.45) is 6.21. The number of hydrogen-bond donors (Lipinski definition) is 1. The van der Waals surface area contributed by atoms with Gasteiger partial charge in [0.25, 0.3) is 0 Å². The Balaban J connectivity index is 2.36. The second-order valence-electron chi connectivity index (χ2n) is 6.05. The Morgan fingerprint density at radius 2 is 1.94 bits per heavy atom. The first-order valence-electron chi connectivity index (χ1n) is 7.17. The molecule has 0 aromatic carbocycles. The minimum Gasteiger partial charge on any atom is -0.338 e. The van der Waals surface area contributed by atoms with E-state index in [0.29, 0.717) is 0 Å². The lowest BCUT2D eigenvalue weighted by molar-refractivity contribution is 0.332. The molecule has 1 heterocycles. The molecule has 1 atom stereocenters. The summed E-state index contributed by atoms with van der Waals surface area (Å²) in [4.78, 5) is 4.40. The molecule has 1 unspecified atom stereocenters. The fraction of sp³-hybridized carbons (Fsp3) is 0.800. The van der Waals surface area contributed by atoms with Gasteiger partial charge in [-0.25, -0.2) is 4.98 Å². The maximum atomic E-state index is 4.40. The molecule has 104 valence electrons. The zero-order valence-corrected chi connectivity index (χ0v) is 12.6. The standard InChI is InChI=1S/C15H29N3/c1-12(2)10-16-11-14(13(3)4)6-7-15-17-8-9-18(15)5/h8-9,12-14,16H,6-7,10-11H2,1-5H3. The smallest absolute Gasteiger partial charge is 0.108 e. The Bertz CT molecular complexity index is 328. The van der Waals surface area contributed by atoms with E-state index < -0.39 is 0 Å². The molecule has 0 amide bonds. The zero-order chi connectivity index (χ0) is 13.5. The van der Waals surface area contributed by atoms with Crippen LogP contribution in [0.25, 0.3) is 0 Å². The van der Waals surface area contributed by atoms with Gasteiger partial charge in [0.15, 0.2) is 0 Å². The Labute approximate surface area is 112 Å². The molecule has 1 aromatic rings. The van der Waals surface area contributed by atoms with E-state index in [0.717, 1.165) is 37.3 Å². The van der Waals surface area contributed by atoms with Crippen molar-refractivity contribution in [1.82, 2.24) is 14.9 Å². The van der Waals surface area contributed by atoms with Crippen LogP contribution in [0.5, 0.6) is 0 Å². The topological polar surface area (TPSA) is 29.9 Å². The Morgan fingerprint density at radius 1 is 1.22 bits per heavy atom. The van der Waals surface area contributed by atoms with Crippen LogP contribution < -0.4 is 5.32 Å². The summed E-state index contributed by atoms with van der Waals surface area (Å²) in [5, 5.41) is 3.58. The highest BCUT2D eigenvalue weighted by molar-refractivity contribution is 4.91. The highest BCUT2D eigenvalue weighted by atomic mass is 15.0. The number of hydrogen-bond acceptors (Lipinski definition) is 2. The molecule has 0 spiro atoms. The van der Waals surface area contributed by atoms with E-state index in [1.807, 2.05) is 12.4 Å². The van der Waals surface area contributed by atoms with Crippen molar-refractivity contribution in [3.8, 4) is 0 Å². The van der Waals surface area contributed by atoms with E-state index in [9.17, 15) is 0 Å². The average molecular weight is 251 g/mol. The van der Waals surface area contributed by atoms with Crippen LogP contribution in [0.1, 0.15) is 39.9 Å². The molecule has 1 aromatic heterocycles. The van der Waals surface area contributed by atoms with Crippen LogP contribution >= 0.6 is 0 Å². The highest BCUT2D eigenvalue weighted by Crippen LogP contribution is 2.17. The number of nitrogens with zero attached hydrogens (tertiary/aromatic N) is 2. The molecule has 0 radical (unpaired) electrons. The van der Waals surface area contributed by atoms with E-state index in [-0.39, 0.29) is 0 Å². The zero-order valence-electron chi connectivity index (χ0n) is 12.6. The molecule has 0 aliphatic carbocycles. The predicted molar refractivity (Wildman–Crippen MR) is 77.6 cm³/mol. The van der Waals surface area contributed by atoms with Gasteiger partial charge in [0.05, 0.1) is 0 Å². The monoisotopic (exact) mass is 251 g/mol. The minimum absolute atomic E-state index is 0.727. The summed E-state index contributed by atoms with van der Waals surface area (Å²) in [6.45, 7) is 11.4. The molecule has 0 aliphatic rings. The van der Waals surface area contributed by atoms with Gasteiger partial charge >= 0.3 is 0 Å². The first kappa shape index (κ1) is 15.2. The number of rotatable bonds is 8. The lowest BCUT2D eigenvalue weighted by Gasteiger charge is -2.22. The normalized spacial score (nSPS) is 13.5. The number of nitrogens with one attached hydrogen (secondary N) is 1. The third-order valence-electron chi connectivity index (χ3n) is 3.56. The molecule has 1 rings (SSSR count). The summed E-state index contributed by atoms with van der Waals surface area (Å²) in [5.41, 5.74) is 0. The predicted octanol–water partition coefficient (Wildman–Crippen LogP) is 2.87. The number of imidazole rings is 1. The fourth-order valence-corrected chi connectivity index (χ4v) is 2.18. The van der Waals surface area contributed by atoms with Gasteiger partial charge in [-0.2, -0.15) is 0 Å². The van der Waals surface area contributed by atoms with Crippen LogP contribution in [0.3, 0.4) is 0 Å². The van der Waals surface area contributed by atoms with Gasteiger partial charge in [-0.1, -0.05) is 27.7 Å².